The molecule has 0 heterocycles. The Morgan fingerprint density at radius 3 is 2.52 bits per heavy atom. The van der Waals surface area contributed by atoms with Crippen molar-refractivity contribution in [1.29, 1.82) is 0 Å². The van der Waals surface area contributed by atoms with Gasteiger partial charge in [-0.1, -0.05) is 44.2 Å². The first-order chi connectivity index (χ1) is 11.5. The molecule has 0 aliphatic carbocycles. The number of rotatable bonds is 10. The van der Waals surface area contributed by atoms with Crippen LogP contribution in [0, 0.1) is 5.92 Å². The van der Waals surface area contributed by atoms with Gasteiger partial charge in [0.2, 0.25) is 0 Å². The molecule has 1 rings (SSSR count). The molecule has 5 nitrogen and oxygen atoms in total. The summed E-state index contributed by atoms with van der Waals surface area (Å²) in [5.41, 5.74) is -0.115. The molecule has 25 heavy (non-hydrogen) atoms. The zero-order valence-corrected chi connectivity index (χ0v) is 18.2. The molecule has 1 aromatic rings. The van der Waals surface area contributed by atoms with E-state index in [2.05, 4.69) is 29.5 Å². The van der Waals surface area contributed by atoms with Crippen LogP contribution in [0.15, 0.2) is 35.3 Å². The van der Waals surface area contributed by atoms with Gasteiger partial charge in [0.25, 0.3) is 0 Å². The van der Waals surface area contributed by atoms with Crippen LogP contribution in [0.2, 0.25) is 0 Å². The summed E-state index contributed by atoms with van der Waals surface area (Å²) in [6.45, 7) is 11.5. The SMILES string of the molecule is CCNC(=NCC(C)(O)c1ccccc1)NCCCOCC(C)C.I. The number of nitrogens with zero attached hydrogens (tertiary/aromatic N) is 1. The zero-order chi connectivity index (χ0) is 17.8. The van der Waals surface area contributed by atoms with Crippen molar-refractivity contribution in [2.45, 2.75) is 39.7 Å². The first kappa shape index (κ1) is 24.1. The Labute approximate surface area is 169 Å². The Balaban J connectivity index is 0.00000576. The van der Waals surface area contributed by atoms with E-state index in [0.29, 0.717) is 12.5 Å². The molecule has 0 saturated carbocycles. The number of hydrogen-bond donors (Lipinski definition) is 3. The molecule has 0 aliphatic heterocycles. The van der Waals surface area contributed by atoms with Crippen LogP contribution in [0.5, 0.6) is 0 Å². The highest BCUT2D eigenvalue weighted by Crippen LogP contribution is 2.20. The van der Waals surface area contributed by atoms with Crippen molar-refractivity contribution in [2.75, 3.05) is 32.8 Å². The fourth-order valence-corrected chi connectivity index (χ4v) is 2.16. The second kappa shape index (κ2) is 13.4. The number of ether oxygens (including phenoxy) is 1. The molecule has 1 atom stereocenters. The Morgan fingerprint density at radius 2 is 1.92 bits per heavy atom. The van der Waals surface area contributed by atoms with Gasteiger partial charge in [-0.25, -0.2) is 4.99 Å². The highest BCUT2D eigenvalue weighted by atomic mass is 127. The van der Waals surface area contributed by atoms with Gasteiger partial charge in [0, 0.05) is 26.3 Å². The van der Waals surface area contributed by atoms with Crippen LogP contribution in [-0.2, 0) is 10.3 Å². The van der Waals surface area contributed by atoms with Gasteiger partial charge in [0.05, 0.1) is 6.54 Å². The van der Waals surface area contributed by atoms with Crippen molar-refractivity contribution < 1.29 is 9.84 Å². The summed E-state index contributed by atoms with van der Waals surface area (Å²) in [7, 11) is 0. The topological polar surface area (TPSA) is 65.9 Å². The second-order valence-electron chi connectivity index (χ2n) is 6.58. The lowest BCUT2D eigenvalue weighted by atomic mass is 9.96. The fraction of sp³-hybridized carbons (Fsp3) is 0.632. The number of halogens is 1. The quantitative estimate of drug-likeness (QED) is 0.216. The fourth-order valence-electron chi connectivity index (χ4n) is 2.16. The molecule has 0 fully saturated rings. The molecule has 3 N–H and O–H groups in total. The smallest absolute Gasteiger partial charge is 0.191 e. The molecule has 1 unspecified atom stereocenters. The first-order valence-electron chi connectivity index (χ1n) is 8.83. The van der Waals surface area contributed by atoms with Crippen molar-refractivity contribution >= 4 is 29.9 Å². The molecule has 0 aromatic heterocycles. The average molecular weight is 463 g/mol. The minimum Gasteiger partial charge on any atom is -0.384 e. The lowest BCUT2D eigenvalue weighted by Crippen LogP contribution is -2.39. The maximum absolute atomic E-state index is 10.6. The number of hydrogen-bond acceptors (Lipinski definition) is 3. The van der Waals surface area contributed by atoms with Crippen LogP contribution in [-0.4, -0.2) is 43.9 Å². The summed E-state index contributed by atoms with van der Waals surface area (Å²) < 4.78 is 5.57. The van der Waals surface area contributed by atoms with E-state index in [0.717, 1.165) is 44.2 Å². The van der Waals surface area contributed by atoms with E-state index >= 15 is 0 Å². The normalized spacial score (nSPS) is 13.9. The lowest BCUT2D eigenvalue weighted by Gasteiger charge is -2.22. The Hall–Kier alpha value is -0.860. The van der Waals surface area contributed by atoms with E-state index in [4.69, 9.17) is 4.74 Å². The summed E-state index contributed by atoms with van der Waals surface area (Å²) in [4.78, 5) is 4.51. The predicted octanol–water partition coefficient (Wildman–Crippen LogP) is 3.13. The summed E-state index contributed by atoms with van der Waals surface area (Å²) >= 11 is 0. The highest BCUT2D eigenvalue weighted by molar-refractivity contribution is 14.0. The molecule has 0 radical (unpaired) electrons. The van der Waals surface area contributed by atoms with Crippen LogP contribution >= 0.6 is 24.0 Å². The molecular formula is C19H34IN3O2. The molecule has 0 bridgehead atoms. The van der Waals surface area contributed by atoms with E-state index in [1.165, 1.54) is 0 Å². The highest BCUT2D eigenvalue weighted by Gasteiger charge is 2.22. The van der Waals surface area contributed by atoms with Gasteiger partial charge in [-0.2, -0.15) is 0 Å². The van der Waals surface area contributed by atoms with Crippen LogP contribution < -0.4 is 10.6 Å². The van der Waals surface area contributed by atoms with E-state index in [1.54, 1.807) is 6.92 Å². The largest absolute Gasteiger partial charge is 0.384 e. The Bertz CT molecular complexity index is 479. The van der Waals surface area contributed by atoms with E-state index in [-0.39, 0.29) is 24.0 Å². The van der Waals surface area contributed by atoms with E-state index in [1.807, 2.05) is 37.3 Å². The van der Waals surface area contributed by atoms with Crippen molar-refractivity contribution in [3.05, 3.63) is 35.9 Å². The third-order valence-electron chi connectivity index (χ3n) is 3.49. The second-order valence-corrected chi connectivity index (χ2v) is 6.58. The lowest BCUT2D eigenvalue weighted by molar-refractivity contribution is 0.0672. The van der Waals surface area contributed by atoms with E-state index in [9.17, 15) is 5.11 Å². The molecule has 0 amide bonds. The first-order valence-corrected chi connectivity index (χ1v) is 8.83. The average Bonchev–Trinajstić information content (AvgIpc) is 2.56. The molecule has 0 aliphatic rings. The van der Waals surface area contributed by atoms with Gasteiger partial charge in [-0.05, 0) is 31.7 Å². The summed E-state index contributed by atoms with van der Waals surface area (Å²) in [5.74, 6) is 1.29. The summed E-state index contributed by atoms with van der Waals surface area (Å²) in [6, 6.07) is 9.63. The molecule has 144 valence electrons. The number of benzene rings is 1. The molecule has 0 saturated heterocycles. The minimum absolute atomic E-state index is 0. The number of aliphatic imine (C=N–C) groups is 1. The molecule has 1 aromatic carbocycles. The number of nitrogens with one attached hydrogen (secondary N) is 2. The van der Waals surface area contributed by atoms with Crippen LogP contribution in [0.1, 0.15) is 39.7 Å². The summed E-state index contributed by atoms with van der Waals surface area (Å²) in [5, 5.41) is 17.1. The van der Waals surface area contributed by atoms with Crippen molar-refractivity contribution in [3.63, 3.8) is 0 Å². The third kappa shape index (κ3) is 10.7. The maximum atomic E-state index is 10.6. The Kier molecular flexibility index (Phi) is 12.9. The number of guanidine groups is 1. The van der Waals surface area contributed by atoms with Crippen LogP contribution in [0.4, 0.5) is 0 Å². The van der Waals surface area contributed by atoms with Crippen LogP contribution in [0.3, 0.4) is 0 Å². The van der Waals surface area contributed by atoms with Crippen molar-refractivity contribution in [2.24, 2.45) is 10.9 Å². The van der Waals surface area contributed by atoms with Gasteiger partial charge in [0.1, 0.15) is 5.60 Å². The third-order valence-corrected chi connectivity index (χ3v) is 3.49. The number of aliphatic hydroxyl groups is 1. The van der Waals surface area contributed by atoms with Gasteiger partial charge in [-0.3, -0.25) is 0 Å². The molecular weight excluding hydrogens is 429 g/mol. The monoisotopic (exact) mass is 463 g/mol. The standard InChI is InChI=1S/C19H33N3O2.HI/c1-5-20-18(21-12-9-13-24-14-16(2)3)22-15-19(4,23)17-10-7-6-8-11-17;/h6-8,10-11,16,23H,5,9,12-15H2,1-4H3,(H2,20,21,22);1H. The minimum atomic E-state index is -0.982. The molecule has 0 spiro atoms. The van der Waals surface area contributed by atoms with Gasteiger partial charge in [-0.15, -0.1) is 24.0 Å². The maximum Gasteiger partial charge on any atom is 0.191 e. The van der Waals surface area contributed by atoms with Gasteiger partial charge in [0.15, 0.2) is 5.96 Å². The van der Waals surface area contributed by atoms with Gasteiger partial charge >= 0.3 is 0 Å². The summed E-state index contributed by atoms with van der Waals surface area (Å²) in [6.07, 6.45) is 0.923. The molecule has 6 heteroatoms. The predicted molar refractivity (Wildman–Crippen MR) is 116 cm³/mol. The zero-order valence-electron chi connectivity index (χ0n) is 15.9. The van der Waals surface area contributed by atoms with Crippen molar-refractivity contribution in [3.8, 4) is 0 Å². The van der Waals surface area contributed by atoms with Crippen molar-refractivity contribution in [1.82, 2.24) is 10.6 Å². The Morgan fingerprint density at radius 1 is 1.24 bits per heavy atom. The van der Waals surface area contributed by atoms with E-state index < -0.39 is 5.60 Å². The van der Waals surface area contributed by atoms with Crippen LogP contribution in [0.25, 0.3) is 0 Å². The van der Waals surface area contributed by atoms with Gasteiger partial charge < -0.3 is 20.5 Å².